The van der Waals surface area contributed by atoms with Crippen molar-refractivity contribution in [3.63, 3.8) is 0 Å². The maximum atomic E-state index is 13.8. The summed E-state index contributed by atoms with van der Waals surface area (Å²) in [5.41, 5.74) is 2.90. The Bertz CT molecular complexity index is 1680. The summed E-state index contributed by atoms with van der Waals surface area (Å²) in [7, 11) is 1.23. The highest BCUT2D eigenvalue weighted by atomic mass is 32.1. The van der Waals surface area contributed by atoms with Crippen molar-refractivity contribution in [1.29, 1.82) is 0 Å². The van der Waals surface area contributed by atoms with E-state index in [1.54, 1.807) is 31.2 Å². The number of aryl methyl sites for hydroxylation is 2. The minimum Gasteiger partial charge on any atom is -0.507 e. The molecule has 1 saturated heterocycles. The quantitative estimate of drug-likeness (QED) is 0.127. The highest BCUT2D eigenvalue weighted by molar-refractivity contribution is 7.17. The second kappa shape index (κ2) is 11.3. The number of esters is 1. The first-order chi connectivity index (χ1) is 19.7. The van der Waals surface area contributed by atoms with E-state index in [1.165, 1.54) is 31.4 Å². The third-order valence-corrected chi connectivity index (χ3v) is 7.74. The number of carbonyl (C=O) groups excluding carboxylic acids is 3. The number of methoxy groups -OCH3 is 1. The summed E-state index contributed by atoms with van der Waals surface area (Å²) < 4.78 is 24.5. The van der Waals surface area contributed by atoms with Crippen LogP contribution >= 0.6 is 11.3 Å². The number of nitrogens with zero attached hydrogens (tertiary/aromatic N) is 2. The molecule has 10 heteroatoms. The van der Waals surface area contributed by atoms with Crippen LogP contribution in [0.3, 0.4) is 0 Å². The molecule has 41 heavy (non-hydrogen) atoms. The number of benzene rings is 3. The molecule has 4 aromatic rings. The second-order valence-corrected chi connectivity index (χ2v) is 10.4. The molecule has 0 spiro atoms. The summed E-state index contributed by atoms with van der Waals surface area (Å²) in [6.07, 6.45) is 0. The highest BCUT2D eigenvalue weighted by Gasteiger charge is 2.48. The molecule has 1 atom stereocenters. The molecule has 1 aliphatic rings. The first-order valence-electron chi connectivity index (χ1n) is 12.6. The zero-order valence-corrected chi connectivity index (χ0v) is 23.2. The molecule has 1 amide bonds. The number of rotatable bonds is 7. The first kappa shape index (κ1) is 27.7. The van der Waals surface area contributed by atoms with Crippen molar-refractivity contribution in [3.8, 4) is 5.75 Å². The predicted octanol–water partition coefficient (Wildman–Crippen LogP) is 5.89. The highest BCUT2D eigenvalue weighted by Crippen LogP contribution is 2.44. The van der Waals surface area contributed by atoms with Crippen LogP contribution in [0.2, 0.25) is 0 Å². The van der Waals surface area contributed by atoms with Gasteiger partial charge in [-0.3, -0.25) is 14.5 Å². The van der Waals surface area contributed by atoms with E-state index >= 15 is 0 Å². The molecular formula is C31H25FN2O6S. The lowest BCUT2D eigenvalue weighted by Crippen LogP contribution is -2.29. The van der Waals surface area contributed by atoms with E-state index in [0.717, 1.165) is 27.4 Å². The molecule has 0 aliphatic carbocycles. The largest absolute Gasteiger partial charge is 0.507 e. The van der Waals surface area contributed by atoms with Crippen LogP contribution in [0.1, 0.15) is 43.7 Å². The second-order valence-electron chi connectivity index (χ2n) is 9.43. The van der Waals surface area contributed by atoms with E-state index in [-0.39, 0.29) is 21.1 Å². The minimum atomic E-state index is -1.12. The lowest BCUT2D eigenvalue weighted by Gasteiger charge is -2.23. The topological polar surface area (TPSA) is 106 Å². The van der Waals surface area contributed by atoms with Crippen LogP contribution in [0.15, 0.2) is 78.4 Å². The van der Waals surface area contributed by atoms with Crippen molar-refractivity contribution in [1.82, 2.24) is 4.98 Å². The van der Waals surface area contributed by atoms with Gasteiger partial charge >= 0.3 is 11.9 Å². The van der Waals surface area contributed by atoms with Gasteiger partial charge in [-0.1, -0.05) is 53.3 Å². The lowest BCUT2D eigenvalue weighted by atomic mass is 9.95. The van der Waals surface area contributed by atoms with Crippen LogP contribution < -0.4 is 9.64 Å². The molecular weight excluding hydrogens is 547 g/mol. The Morgan fingerprint density at radius 2 is 1.76 bits per heavy atom. The molecule has 1 unspecified atom stereocenters. The zero-order chi connectivity index (χ0) is 29.3. The summed E-state index contributed by atoms with van der Waals surface area (Å²) in [6, 6.07) is 18.5. The van der Waals surface area contributed by atoms with Gasteiger partial charge in [0, 0.05) is 5.56 Å². The van der Waals surface area contributed by atoms with Crippen LogP contribution in [-0.4, -0.2) is 34.9 Å². The van der Waals surface area contributed by atoms with Gasteiger partial charge in [-0.25, -0.2) is 14.2 Å². The van der Waals surface area contributed by atoms with E-state index in [9.17, 15) is 23.9 Å². The van der Waals surface area contributed by atoms with Gasteiger partial charge in [-0.2, -0.15) is 0 Å². The normalized spacial score (nSPS) is 16.2. The fourth-order valence-electron chi connectivity index (χ4n) is 4.59. The van der Waals surface area contributed by atoms with Crippen molar-refractivity contribution in [2.24, 2.45) is 0 Å². The summed E-state index contributed by atoms with van der Waals surface area (Å²) in [6.45, 7) is 3.93. The summed E-state index contributed by atoms with van der Waals surface area (Å²) in [4.78, 5) is 44.5. The fraction of sp³-hybridized carbons (Fsp3) is 0.161. The third kappa shape index (κ3) is 5.46. The molecule has 0 saturated carbocycles. The molecule has 0 bridgehead atoms. The number of hydrogen-bond acceptors (Lipinski definition) is 8. The molecule has 1 N–H and O–H groups in total. The monoisotopic (exact) mass is 572 g/mol. The minimum absolute atomic E-state index is 0.0678. The molecule has 8 nitrogen and oxygen atoms in total. The number of ketones is 1. The Balaban J connectivity index is 1.52. The lowest BCUT2D eigenvalue weighted by molar-refractivity contribution is -0.132. The number of carbonyl (C=O) groups is 3. The van der Waals surface area contributed by atoms with Crippen molar-refractivity contribution in [2.45, 2.75) is 26.5 Å². The number of thiazole rings is 1. The van der Waals surface area contributed by atoms with E-state index in [2.05, 4.69) is 4.98 Å². The zero-order valence-electron chi connectivity index (χ0n) is 22.4. The van der Waals surface area contributed by atoms with Crippen LogP contribution in [0.25, 0.3) is 5.76 Å². The van der Waals surface area contributed by atoms with Crippen molar-refractivity contribution in [2.75, 3.05) is 12.0 Å². The number of ether oxygens (including phenoxy) is 2. The van der Waals surface area contributed by atoms with Crippen LogP contribution in [0, 0.1) is 19.7 Å². The number of Topliss-reactive ketones (excluding diaryl/α,β-unsaturated/α-hetero) is 1. The van der Waals surface area contributed by atoms with Gasteiger partial charge in [0.15, 0.2) is 5.13 Å². The molecule has 0 radical (unpaired) electrons. The number of hydrogen-bond donors (Lipinski definition) is 1. The molecule has 3 aromatic carbocycles. The van der Waals surface area contributed by atoms with Gasteiger partial charge in [0.05, 0.1) is 24.4 Å². The third-order valence-electron chi connectivity index (χ3n) is 6.61. The van der Waals surface area contributed by atoms with Gasteiger partial charge in [-0.05, 0) is 61.4 Å². The van der Waals surface area contributed by atoms with Gasteiger partial charge in [0.2, 0.25) is 0 Å². The maximum Gasteiger partial charge on any atom is 0.350 e. The van der Waals surface area contributed by atoms with E-state index in [1.807, 2.05) is 31.2 Å². The Labute approximate surface area is 239 Å². The Morgan fingerprint density at radius 3 is 2.41 bits per heavy atom. The van der Waals surface area contributed by atoms with Crippen LogP contribution in [0.4, 0.5) is 9.52 Å². The fourth-order valence-corrected chi connectivity index (χ4v) is 5.60. The molecule has 1 aliphatic heterocycles. The predicted molar refractivity (Wildman–Crippen MR) is 151 cm³/mol. The number of aliphatic hydroxyl groups is 1. The van der Waals surface area contributed by atoms with E-state index in [0.29, 0.717) is 23.6 Å². The average Bonchev–Trinajstić information content (AvgIpc) is 3.48. The Hall–Kier alpha value is -4.83. The molecule has 1 fully saturated rings. The molecule has 2 heterocycles. The van der Waals surface area contributed by atoms with Gasteiger partial charge in [0.1, 0.15) is 28.8 Å². The number of aliphatic hydroxyl groups excluding tert-OH is 1. The SMILES string of the molecule is COC(=O)c1sc(N2C(=O)C(=O)/C(=C(/O)c3ccc(OCc4cccc(C)c4)cc3)C2c2ccc(F)cc2)nc1C. The van der Waals surface area contributed by atoms with E-state index < -0.39 is 35.3 Å². The van der Waals surface area contributed by atoms with Crippen LogP contribution in [0.5, 0.6) is 5.75 Å². The standard InChI is InChI=1S/C31H25FN2O6S/c1-17-5-4-6-19(15-17)16-40-23-13-9-21(10-14-23)26(35)24-25(20-7-11-22(32)12-8-20)34(29(37)27(24)36)31-33-18(2)28(41-31)30(38)39-3/h4-15,25,35H,16H2,1-3H3/b26-24+. The van der Waals surface area contributed by atoms with Gasteiger partial charge < -0.3 is 14.6 Å². The number of anilines is 1. The summed E-state index contributed by atoms with van der Waals surface area (Å²) in [5.74, 6) is -2.89. The van der Waals surface area contributed by atoms with Gasteiger partial charge in [0.25, 0.3) is 5.78 Å². The average molecular weight is 573 g/mol. The Kier molecular flexibility index (Phi) is 7.67. The van der Waals surface area contributed by atoms with Crippen molar-refractivity contribution in [3.05, 3.63) is 117 Å². The number of halogens is 1. The summed E-state index contributed by atoms with van der Waals surface area (Å²) >= 11 is 0.885. The first-order valence-corrected chi connectivity index (χ1v) is 13.4. The molecule has 1 aromatic heterocycles. The summed E-state index contributed by atoms with van der Waals surface area (Å²) in [5, 5.41) is 11.4. The molecule has 208 valence electrons. The Morgan fingerprint density at radius 1 is 1.05 bits per heavy atom. The number of amides is 1. The van der Waals surface area contributed by atoms with Crippen molar-refractivity contribution < 1.29 is 33.4 Å². The maximum absolute atomic E-state index is 13.8. The number of aromatic nitrogens is 1. The van der Waals surface area contributed by atoms with E-state index in [4.69, 9.17) is 9.47 Å². The smallest absolute Gasteiger partial charge is 0.350 e. The van der Waals surface area contributed by atoms with Gasteiger partial charge in [-0.15, -0.1) is 0 Å². The van der Waals surface area contributed by atoms with Crippen molar-refractivity contribution >= 4 is 39.9 Å². The molecule has 5 rings (SSSR count). The van der Waals surface area contributed by atoms with Crippen LogP contribution in [-0.2, 0) is 20.9 Å².